The molecule has 0 atom stereocenters. The molecule has 0 aliphatic rings. The van der Waals surface area contributed by atoms with Crippen LogP contribution in [0.25, 0.3) is 10.8 Å². The first-order chi connectivity index (χ1) is 8.79. The van der Waals surface area contributed by atoms with Crippen molar-refractivity contribution in [2.24, 2.45) is 0 Å². The molecule has 18 heavy (non-hydrogen) atoms. The number of anilines is 1. The summed E-state index contributed by atoms with van der Waals surface area (Å²) in [6.07, 6.45) is 2.52. The van der Waals surface area contributed by atoms with E-state index >= 15 is 0 Å². The normalized spacial score (nSPS) is 10.3. The molecule has 3 nitrogen and oxygen atoms in total. The lowest BCUT2D eigenvalue weighted by molar-refractivity contribution is -0.120. The summed E-state index contributed by atoms with van der Waals surface area (Å²) >= 11 is 0. The Morgan fingerprint density at radius 1 is 1.11 bits per heavy atom. The minimum absolute atomic E-state index is 0.0324. The van der Waals surface area contributed by atoms with E-state index in [9.17, 15) is 4.79 Å². The Morgan fingerprint density at radius 2 is 1.89 bits per heavy atom. The summed E-state index contributed by atoms with van der Waals surface area (Å²) in [6.45, 7) is 2.07. The molecule has 0 aliphatic heterocycles. The zero-order chi connectivity index (χ0) is 12.8. The second-order valence-corrected chi connectivity index (χ2v) is 4.34. The van der Waals surface area contributed by atoms with Gasteiger partial charge in [-0.15, -0.1) is 0 Å². The van der Waals surface area contributed by atoms with E-state index in [2.05, 4.69) is 29.9 Å². The average Bonchev–Trinajstić information content (AvgIpc) is 2.42. The van der Waals surface area contributed by atoms with Crippen LogP contribution in [0.4, 0.5) is 5.69 Å². The quantitative estimate of drug-likeness (QED) is 0.788. The van der Waals surface area contributed by atoms with E-state index < -0.39 is 0 Å². The summed E-state index contributed by atoms with van der Waals surface area (Å²) in [5, 5.41) is 2.35. The number of hydrogen-bond donors (Lipinski definition) is 2. The standard InChI is InChI=1S/C15H18N2O/c1-2-3-8-15(18)17-16-14-10-9-12-6-4-5-7-13(12)11-14/h4-7,9-11,16H,2-3,8H2,1H3,(H,17,18). The number of carbonyl (C=O) groups excluding carboxylic acids is 1. The van der Waals surface area contributed by atoms with Crippen LogP contribution in [0.2, 0.25) is 0 Å². The molecule has 0 fully saturated rings. The van der Waals surface area contributed by atoms with E-state index in [0.717, 1.165) is 23.9 Å². The molecule has 2 aromatic rings. The van der Waals surface area contributed by atoms with Crippen LogP contribution >= 0.6 is 0 Å². The fraction of sp³-hybridized carbons (Fsp3) is 0.267. The SMILES string of the molecule is CCCCC(=O)NNc1ccc2ccccc2c1. The highest BCUT2D eigenvalue weighted by Crippen LogP contribution is 2.18. The summed E-state index contributed by atoms with van der Waals surface area (Å²) in [5.41, 5.74) is 6.56. The number of hydrazine groups is 1. The Hall–Kier alpha value is -2.03. The van der Waals surface area contributed by atoms with Crippen molar-refractivity contribution in [3.8, 4) is 0 Å². The van der Waals surface area contributed by atoms with Gasteiger partial charge in [0.15, 0.2) is 0 Å². The van der Waals surface area contributed by atoms with Gasteiger partial charge in [0.25, 0.3) is 0 Å². The molecule has 2 aromatic carbocycles. The molecule has 1 amide bonds. The summed E-state index contributed by atoms with van der Waals surface area (Å²) in [4.78, 5) is 11.5. The molecule has 0 radical (unpaired) electrons. The predicted octanol–water partition coefficient (Wildman–Crippen LogP) is 3.47. The smallest absolute Gasteiger partial charge is 0.238 e. The van der Waals surface area contributed by atoms with Gasteiger partial charge < -0.3 is 0 Å². The number of rotatable bonds is 5. The van der Waals surface area contributed by atoms with Gasteiger partial charge in [0, 0.05) is 6.42 Å². The van der Waals surface area contributed by atoms with Crippen molar-refractivity contribution < 1.29 is 4.79 Å². The topological polar surface area (TPSA) is 41.1 Å². The molecular formula is C15H18N2O. The maximum absolute atomic E-state index is 11.5. The maximum atomic E-state index is 11.5. The Bertz CT molecular complexity index is 537. The van der Waals surface area contributed by atoms with Gasteiger partial charge in [-0.3, -0.25) is 15.6 Å². The Morgan fingerprint density at radius 3 is 2.67 bits per heavy atom. The van der Waals surface area contributed by atoms with Crippen molar-refractivity contribution in [3.63, 3.8) is 0 Å². The number of hydrogen-bond acceptors (Lipinski definition) is 2. The van der Waals surface area contributed by atoms with Gasteiger partial charge in [-0.1, -0.05) is 43.7 Å². The van der Waals surface area contributed by atoms with Crippen LogP contribution in [-0.4, -0.2) is 5.91 Å². The molecule has 0 saturated heterocycles. The number of nitrogens with one attached hydrogen (secondary N) is 2. The second-order valence-electron chi connectivity index (χ2n) is 4.34. The number of benzene rings is 2. The third-order valence-corrected chi connectivity index (χ3v) is 2.85. The van der Waals surface area contributed by atoms with Crippen molar-refractivity contribution in [2.75, 3.05) is 5.43 Å². The van der Waals surface area contributed by atoms with Crippen LogP contribution in [0.3, 0.4) is 0 Å². The summed E-state index contributed by atoms with van der Waals surface area (Å²) in [5.74, 6) is 0.0324. The molecular weight excluding hydrogens is 224 g/mol. The minimum Gasteiger partial charge on any atom is -0.299 e. The van der Waals surface area contributed by atoms with E-state index in [-0.39, 0.29) is 5.91 Å². The first-order valence-electron chi connectivity index (χ1n) is 6.33. The molecule has 0 saturated carbocycles. The van der Waals surface area contributed by atoms with E-state index in [1.54, 1.807) is 0 Å². The maximum Gasteiger partial charge on any atom is 0.238 e. The highest BCUT2D eigenvalue weighted by molar-refractivity contribution is 5.86. The van der Waals surface area contributed by atoms with E-state index in [1.807, 2.05) is 30.3 Å². The third-order valence-electron chi connectivity index (χ3n) is 2.85. The van der Waals surface area contributed by atoms with Gasteiger partial charge in [0.05, 0.1) is 5.69 Å². The van der Waals surface area contributed by atoms with Crippen LogP contribution in [0.1, 0.15) is 26.2 Å². The van der Waals surface area contributed by atoms with Crippen LogP contribution in [0, 0.1) is 0 Å². The van der Waals surface area contributed by atoms with Crippen molar-refractivity contribution in [3.05, 3.63) is 42.5 Å². The summed E-state index contributed by atoms with van der Waals surface area (Å²) in [7, 11) is 0. The first kappa shape index (κ1) is 12.4. The summed E-state index contributed by atoms with van der Waals surface area (Å²) < 4.78 is 0. The molecule has 0 aliphatic carbocycles. The van der Waals surface area contributed by atoms with E-state index in [0.29, 0.717) is 6.42 Å². The van der Waals surface area contributed by atoms with Crippen molar-refractivity contribution in [1.29, 1.82) is 0 Å². The monoisotopic (exact) mass is 242 g/mol. The van der Waals surface area contributed by atoms with Gasteiger partial charge in [0.1, 0.15) is 0 Å². The average molecular weight is 242 g/mol. The highest BCUT2D eigenvalue weighted by Gasteiger charge is 2.00. The van der Waals surface area contributed by atoms with E-state index in [1.165, 1.54) is 5.39 Å². The molecule has 0 bridgehead atoms. The van der Waals surface area contributed by atoms with Gasteiger partial charge in [-0.2, -0.15) is 0 Å². The number of fused-ring (bicyclic) bond motifs is 1. The van der Waals surface area contributed by atoms with Crippen molar-refractivity contribution in [1.82, 2.24) is 5.43 Å². The number of unbranched alkanes of at least 4 members (excludes halogenated alkanes) is 1. The van der Waals surface area contributed by atoms with Gasteiger partial charge in [-0.25, -0.2) is 0 Å². The minimum atomic E-state index is 0.0324. The van der Waals surface area contributed by atoms with Crippen LogP contribution in [0.5, 0.6) is 0 Å². The largest absolute Gasteiger partial charge is 0.299 e. The Balaban J connectivity index is 1.97. The van der Waals surface area contributed by atoms with Crippen molar-refractivity contribution in [2.45, 2.75) is 26.2 Å². The van der Waals surface area contributed by atoms with Gasteiger partial charge >= 0.3 is 0 Å². The second kappa shape index (κ2) is 6.05. The molecule has 2 rings (SSSR count). The van der Waals surface area contributed by atoms with Gasteiger partial charge in [0.2, 0.25) is 5.91 Å². The molecule has 0 aromatic heterocycles. The molecule has 0 heterocycles. The first-order valence-corrected chi connectivity index (χ1v) is 6.33. The predicted molar refractivity (Wildman–Crippen MR) is 75.2 cm³/mol. The number of carbonyl (C=O) groups is 1. The fourth-order valence-electron chi connectivity index (χ4n) is 1.81. The van der Waals surface area contributed by atoms with Crippen LogP contribution in [-0.2, 0) is 4.79 Å². The van der Waals surface area contributed by atoms with E-state index in [4.69, 9.17) is 0 Å². The Kier molecular flexibility index (Phi) is 4.18. The highest BCUT2D eigenvalue weighted by atomic mass is 16.2. The lowest BCUT2D eigenvalue weighted by atomic mass is 10.1. The number of amides is 1. The summed E-state index contributed by atoms with van der Waals surface area (Å²) in [6, 6.07) is 14.2. The Labute approximate surface area is 107 Å². The lowest BCUT2D eigenvalue weighted by Crippen LogP contribution is -2.28. The molecule has 0 unspecified atom stereocenters. The zero-order valence-electron chi connectivity index (χ0n) is 10.6. The fourth-order valence-corrected chi connectivity index (χ4v) is 1.81. The molecule has 3 heteroatoms. The lowest BCUT2D eigenvalue weighted by Gasteiger charge is -2.09. The zero-order valence-corrected chi connectivity index (χ0v) is 10.6. The van der Waals surface area contributed by atoms with Gasteiger partial charge in [-0.05, 0) is 29.3 Å². The molecule has 0 spiro atoms. The van der Waals surface area contributed by atoms with Crippen molar-refractivity contribution >= 4 is 22.4 Å². The molecule has 94 valence electrons. The van der Waals surface area contributed by atoms with Crippen LogP contribution < -0.4 is 10.9 Å². The molecule has 2 N–H and O–H groups in total. The van der Waals surface area contributed by atoms with Crippen LogP contribution in [0.15, 0.2) is 42.5 Å². The third kappa shape index (κ3) is 3.23.